The molecule has 2 rings (SSSR count). The van der Waals surface area contributed by atoms with Gasteiger partial charge in [0.05, 0.1) is 11.1 Å². The highest BCUT2D eigenvalue weighted by molar-refractivity contribution is 5.96. The van der Waals surface area contributed by atoms with E-state index in [0.717, 1.165) is 12.5 Å². The number of hydrogen-bond donors (Lipinski definition) is 1. The number of benzene rings is 1. The van der Waals surface area contributed by atoms with Gasteiger partial charge in [0.15, 0.2) is 0 Å². The van der Waals surface area contributed by atoms with Gasteiger partial charge in [0.1, 0.15) is 0 Å². The number of nitrogens with two attached hydrogens (primary N) is 1. The van der Waals surface area contributed by atoms with Gasteiger partial charge in [0, 0.05) is 18.8 Å². The van der Waals surface area contributed by atoms with Crippen LogP contribution < -0.4 is 5.73 Å². The molecule has 1 saturated heterocycles. The van der Waals surface area contributed by atoms with Crippen molar-refractivity contribution >= 4 is 11.6 Å². The van der Waals surface area contributed by atoms with Crippen molar-refractivity contribution in [2.75, 3.05) is 18.8 Å². The number of alkyl halides is 3. The molecule has 1 amide bonds. The maximum atomic E-state index is 13.1. The molecule has 1 heterocycles. The van der Waals surface area contributed by atoms with E-state index < -0.39 is 17.6 Å². The quantitative estimate of drug-likeness (QED) is 0.808. The summed E-state index contributed by atoms with van der Waals surface area (Å²) < 4.78 is 39.2. The lowest BCUT2D eigenvalue weighted by molar-refractivity contribution is -0.138. The third-order valence-corrected chi connectivity index (χ3v) is 3.74. The first-order chi connectivity index (χ1) is 9.68. The summed E-state index contributed by atoms with van der Waals surface area (Å²) in [6.07, 6.45) is -3.61. The van der Waals surface area contributed by atoms with E-state index in [1.807, 2.05) is 13.8 Å². The van der Waals surface area contributed by atoms with Gasteiger partial charge in [0.25, 0.3) is 5.91 Å². The number of anilines is 1. The van der Waals surface area contributed by atoms with E-state index in [0.29, 0.717) is 24.9 Å². The molecular formula is C15H19F3N2O. The van der Waals surface area contributed by atoms with Crippen LogP contribution in [0.2, 0.25) is 0 Å². The summed E-state index contributed by atoms with van der Waals surface area (Å²) in [5.41, 5.74) is 4.14. The average molecular weight is 300 g/mol. The van der Waals surface area contributed by atoms with Crippen LogP contribution in [0.25, 0.3) is 0 Å². The van der Waals surface area contributed by atoms with Crippen molar-refractivity contribution in [3.63, 3.8) is 0 Å². The first kappa shape index (κ1) is 15.7. The predicted octanol–water partition coefficient (Wildman–Crippen LogP) is 3.41. The normalized spacial score (nSPS) is 23.2. The number of nitrogen functional groups attached to an aromatic ring is 1. The van der Waals surface area contributed by atoms with E-state index in [2.05, 4.69) is 0 Å². The molecular weight excluding hydrogens is 281 g/mol. The van der Waals surface area contributed by atoms with Crippen molar-refractivity contribution in [3.05, 3.63) is 29.3 Å². The Balaban J connectivity index is 2.35. The van der Waals surface area contributed by atoms with Gasteiger partial charge in [0.2, 0.25) is 0 Å². The van der Waals surface area contributed by atoms with E-state index in [9.17, 15) is 18.0 Å². The minimum Gasteiger partial charge on any atom is -0.399 e. The molecule has 0 aliphatic carbocycles. The van der Waals surface area contributed by atoms with Crippen LogP contribution in [0.4, 0.5) is 18.9 Å². The number of amides is 1. The summed E-state index contributed by atoms with van der Waals surface area (Å²) in [7, 11) is 0. The predicted molar refractivity (Wildman–Crippen MR) is 74.7 cm³/mol. The third kappa shape index (κ3) is 3.49. The van der Waals surface area contributed by atoms with E-state index in [4.69, 9.17) is 5.73 Å². The molecule has 1 aromatic rings. The molecule has 2 N–H and O–H groups in total. The fourth-order valence-corrected chi connectivity index (χ4v) is 2.98. The molecule has 1 fully saturated rings. The van der Waals surface area contributed by atoms with Crippen molar-refractivity contribution in [2.24, 2.45) is 11.8 Å². The lowest BCUT2D eigenvalue weighted by Gasteiger charge is -2.35. The van der Waals surface area contributed by atoms with Crippen LogP contribution in [0.15, 0.2) is 18.2 Å². The molecule has 2 atom stereocenters. The molecule has 1 aliphatic rings. The van der Waals surface area contributed by atoms with Gasteiger partial charge in [-0.05, 0) is 36.5 Å². The number of carbonyl (C=O) groups is 1. The summed E-state index contributed by atoms with van der Waals surface area (Å²) in [5.74, 6) is 0.0161. The molecule has 0 radical (unpaired) electrons. The Labute approximate surface area is 121 Å². The SMILES string of the molecule is CC1CC(C)CN(C(=O)c2ccc(N)cc2C(F)(F)F)C1. The Kier molecular flexibility index (Phi) is 4.16. The molecule has 6 heteroatoms. The Morgan fingerprint density at radius 3 is 2.33 bits per heavy atom. The number of halogens is 3. The highest BCUT2D eigenvalue weighted by Crippen LogP contribution is 2.34. The molecule has 1 aromatic carbocycles. The van der Waals surface area contributed by atoms with Crippen molar-refractivity contribution in [1.82, 2.24) is 4.90 Å². The standard InChI is InChI=1S/C15H19F3N2O/c1-9-5-10(2)8-20(7-9)14(21)12-4-3-11(19)6-13(12)15(16,17)18/h3-4,6,9-10H,5,7-8,19H2,1-2H3. The number of nitrogens with zero attached hydrogens (tertiary/aromatic N) is 1. The topological polar surface area (TPSA) is 46.3 Å². The number of hydrogen-bond acceptors (Lipinski definition) is 2. The van der Waals surface area contributed by atoms with E-state index >= 15 is 0 Å². The second-order valence-electron chi connectivity index (χ2n) is 5.96. The smallest absolute Gasteiger partial charge is 0.399 e. The van der Waals surface area contributed by atoms with E-state index in [-0.39, 0.29) is 11.3 Å². The molecule has 0 aromatic heterocycles. The van der Waals surface area contributed by atoms with Crippen molar-refractivity contribution in [1.29, 1.82) is 0 Å². The van der Waals surface area contributed by atoms with Crippen LogP contribution in [0, 0.1) is 11.8 Å². The third-order valence-electron chi connectivity index (χ3n) is 3.74. The average Bonchev–Trinajstić information content (AvgIpc) is 2.35. The summed E-state index contributed by atoms with van der Waals surface area (Å²) in [6.45, 7) is 4.99. The number of piperidine rings is 1. The van der Waals surface area contributed by atoms with Gasteiger partial charge in [-0.3, -0.25) is 4.79 Å². The summed E-state index contributed by atoms with van der Waals surface area (Å²) in [6, 6.07) is 3.33. The highest BCUT2D eigenvalue weighted by atomic mass is 19.4. The second kappa shape index (κ2) is 5.58. The van der Waals surface area contributed by atoms with Gasteiger partial charge < -0.3 is 10.6 Å². The van der Waals surface area contributed by atoms with Gasteiger partial charge in [-0.1, -0.05) is 13.8 Å². The van der Waals surface area contributed by atoms with Crippen LogP contribution in [-0.2, 0) is 6.18 Å². The van der Waals surface area contributed by atoms with Gasteiger partial charge in [-0.25, -0.2) is 0 Å². The van der Waals surface area contributed by atoms with Crippen LogP contribution in [0.3, 0.4) is 0 Å². The van der Waals surface area contributed by atoms with Crippen LogP contribution in [0.5, 0.6) is 0 Å². The van der Waals surface area contributed by atoms with Crippen molar-refractivity contribution in [3.8, 4) is 0 Å². The largest absolute Gasteiger partial charge is 0.417 e. The summed E-state index contributed by atoms with van der Waals surface area (Å²) >= 11 is 0. The van der Waals surface area contributed by atoms with Crippen LogP contribution in [0.1, 0.15) is 36.2 Å². The lowest BCUT2D eigenvalue weighted by atomic mass is 9.91. The van der Waals surface area contributed by atoms with E-state index in [1.165, 1.54) is 17.0 Å². The Morgan fingerprint density at radius 2 is 1.81 bits per heavy atom. The number of carbonyl (C=O) groups excluding carboxylic acids is 1. The first-order valence-corrected chi connectivity index (χ1v) is 6.94. The van der Waals surface area contributed by atoms with Crippen molar-refractivity contribution < 1.29 is 18.0 Å². The maximum absolute atomic E-state index is 13.1. The zero-order valence-electron chi connectivity index (χ0n) is 12.1. The van der Waals surface area contributed by atoms with Crippen LogP contribution in [-0.4, -0.2) is 23.9 Å². The van der Waals surface area contributed by atoms with E-state index in [1.54, 1.807) is 0 Å². The molecule has 0 bridgehead atoms. The minimum atomic E-state index is -4.59. The molecule has 0 spiro atoms. The zero-order valence-corrected chi connectivity index (χ0v) is 12.1. The fraction of sp³-hybridized carbons (Fsp3) is 0.533. The van der Waals surface area contributed by atoms with Gasteiger partial charge in [-0.2, -0.15) is 13.2 Å². The van der Waals surface area contributed by atoms with Gasteiger partial charge >= 0.3 is 6.18 Å². The zero-order chi connectivity index (χ0) is 15.8. The Hall–Kier alpha value is -1.72. The summed E-state index contributed by atoms with van der Waals surface area (Å²) in [4.78, 5) is 14.0. The first-order valence-electron chi connectivity index (χ1n) is 6.94. The molecule has 1 aliphatic heterocycles. The molecule has 116 valence electrons. The maximum Gasteiger partial charge on any atom is 0.417 e. The van der Waals surface area contributed by atoms with Crippen LogP contribution >= 0.6 is 0 Å². The van der Waals surface area contributed by atoms with Crippen molar-refractivity contribution in [2.45, 2.75) is 26.4 Å². The number of likely N-dealkylation sites (tertiary alicyclic amines) is 1. The Morgan fingerprint density at radius 1 is 1.24 bits per heavy atom. The lowest BCUT2D eigenvalue weighted by Crippen LogP contribution is -2.43. The molecule has 21 heavy (non-hydrogen) atoms. The Bertz CT molecular complexity index is 532. The summed E-state index contributed by atoms with van der Waals surface area (Å²) in [5, 5.41) is 0. The monoisotopic (exact) mass is 300 g/mol. The minimum absolute atomic E-state index is 0.000690. The second-order valence-corrected chi connectivity index (χ2v) is 5.96. The molecule has 2 unspecified atom stereocenters. The molecule has 3 nitrogen and oxygen atoms in total. The number of rotatable bonds is 1. The van der Waals surface area contributed by atoms with Gasteiger partial charge in [-0.15, -0.1) is 0 Å². The highest BCUT2D eigenvalue weighted by Gasteiger charge is 2.37. The molecule has 0 saturated carbocycles. The fourth-order valence-electron chi connectivity index (χ4n) is 2.98.